The van der Waals surface area contributed by atoms with Crippen LogP contribution in [0.4, 0.5) is 0 Å². The van der Waals surface area contributed by atoms with E-state index in [1.807, 2.05) is 35.7 Å². The predicted molar refractivity (Wildman–Crippen MR) is 79.5 cm³/mol. The Balaban J connectivity index is 2.14. The number of nitriles is 1. The Kier molecular flexibility index (Phi) is 3.09. The number of rotatable bonds is 2. The van der Waals surface area contributed by atoms with Crippen molar-refractivity contribution in [2.24, 2.45) is 0 Å². The average Bonchev–Trinajstić information content (AvgIpc) is 2.90. The van der Waals surface area contributed by atoms with Gasteiger partial charge in [0.05, 0.1) is 11.6 Å². The number of hydrogen-bond acceptors (Lipinski definition) is 3. The summed E-state index contributed by atoms with van der Waals surface area (Å²) in [7, 11) is 0. The van der Waals surface area contributed by atoms with Gasteiger partial charge < -0.3 is 0 Å². The number of hydrogen-bond donors (Lipinski definition) is 0. The summed E-state index contributed by atoms with van der Waals surface area (Å²) in [5.41, 5.74) is 2.60. The fraction of sp³-hybridized carbons (Fsp3) is 0. The summed E-state index contributed by atoms with van der Waals surface area (Å²) in [5.74, 6) is 0. The Morgan fingerprint density at radius 2 is 2.11 bits per heavy atom. The van der Waals surface area contributed by atoms with Crippen LogP contribution in [-0.4, -0.2) is 4.98 Å². The van der Waals surface area contributed by atoms with Crippen LogP contribution in [0.25, 0.3) is 21.7 Å². The van der Waals surface area contributed by atoms with Crippen molar-refractivity contribution in [1.29, 1.82) is 5.26 Å². The van der Waals surface area contributed by atoms with Gasteiger partial charge in [-0.3, -0.25) is 4.98 Å². The fourth-order valence-corrected chi connectivity index (χ4v) is 2.95. The van der Waals surface area contributed by atoms with Crippen molar-refractivity contribution >= 4 is 33.1 Å². The maximum absolute atomic E-state index is 9.38. The first-order valence-corrected chi connectivity index (χ1v) is 6.75. The lowest BCUT2D eigenvalue weighted by Gasteiger charge is -1.98. The number of aromatic nitrogens is 1. The van der Waals surface area contributed by atoms with Crippen LogP contribution >= 0.6 is 11.3 Å². The van der Waals surface area contributed by atoms with Gasteiger partial charge in [-0.1, -0.05) is 24.3 Å². The maximum Gasteiger partial charge on any atom is 0.0998 e. The van der Waals surface area contributed by atoms with Gasteiger partial charge in [0.2, 0.25) is 0 Å². The number of thiophene rings is 1. The molecule has 0 unspecified atom stereocenters. The Bertz CT molecular complexity index is 779. The van der Waals surface area contributed by atoms with Gasteiger partial charge in [-0.05, 0) is 23.8 Å². The van der Waals surface area contributed by atoms with Crippen molar-refractivity contribution in [2.45, 2.75) is 0 Å². The normalized spacial score (nSPS) is 11.4. The van der Waals surface area contributed by atoms with Gasteiger partial charge in [-0.2, -0.15) is 5.26 Å². The highest BCUT2D eigenvalue weighted by atomic mass is 32.1. The van der Waals surface area contributed by atoms with E-state index in [-0.39, 0.29) is 0 Å². The zero-order valence-corrected chi connectivity index (χ0v) is 10.9. The standard InChI is InChI=1S/C16H10N2S/c17-9-13(8-12-4-3-7-18-10-12)15-11-19-16-6-2-1-5-14(15)16/h1-8,10-11H. The topological polar surface area (TPSA) is 36.7 Å². The lowest BCUT2D eigenvalue weighted by atomic mass is 10.0. The molecule has 0 fully saturated rings. The van der Waals surface area contributed by atoms with Crippen molar-refractivity contribution in [3.63, 3.8) is 0 Å². The minimum absolute atomic E-state index is 0.672. The van der Waals surface area contributed by atoms with Gasteiger partial charge in [0.1, 0.15) is 0 Å². The van der Waals surface area contributed by atoms with Crippen LogP contribution in [0.3, 0.4) is 0 Å². The van der Waals surface area contributed by atoms with E-state index in [0.29, 0.717) is 5.57 Å². The molecule has 90 valence electrons. The molecule has 1 aromatic carbocycles. The molecule has 19 heavy (non-hydrogen) atoms. The second-order valence-electron chi connectivity index (χ2n) is 4.10. The largest absolute Gasteiger partial charge is 0.264 e. The SMILES string of the molecule is N#CC(=Cc1cccnc1)c1csc2ccccc12. The van der Waals surface area contributed by atoms with Crippen molar-refractivity contribution in [2.75, 3.05) is 0 Å². The zero-order valence-electron chi connectivity index (χ0n) is 10.1. The van der Waals surface area contributed by atoms with Gasteiger partial charge in [-0.25, -0.2) is 0 Å². The lowest BCUT2D eigenvalue weighted by Crippen LogP contribution is -1.81. The first kappa shape index (κ1) is 11.6. The fourth-order valence-electron chi connectivity index (χ4n) is 1.98. The van der Waals surface area contributed by atoms with Crippen LogP contribution < -0.4 is 0 Å². The zero-order chi connectivity index (χ0) is 13.1. The van der Waals surface area contributed by atoms with Gasteiger partial charge in [0, 0.05) is 33.4 Å². The third-order valence-electron chi connectivity index (χ3n) is 2.89. The summed E-state index contributed by atoms with van der Waals surface area (Å²) >= 11 is 1.66. The molecule has 2 aromatic heterocycles. The quantitative estimate of drug-likeness (QED) is 0.643. The average molecular weight is 262 g/mol. The number of fused-ring (bicyclic) bond motifs is 1. The molecule has 0 aliphatic rings. The monoisotopic (exact) mass is 262 g/mol. The molecule has 0 spiro atoms. The molecule has 0 N–H and O–H groups in total. The molecule has 0 aliphatic heterocycles. The molecule has 2 nitrogen and oxygen atoms in total. The molecule has 0 amide bonds. The van der Waals surface area contributed by atoms with E-state index in [1.165, 1.54) is 4.70 Å². The molecule has 3 aromatic rings. The molecule has 0 saturated carbocycles. The molecular formula is C16H10N2S. The van der Waals surface area contributed by atoms with E-state index >= 15 is 0 Å². The van der Waals surface area contributed by atoms with E-state index in [1.54, 1.807) is 23.7 Å². The molecule has 0 saturated heterocycles. The highest BCUT2D eigenvalue weighted by Gasteiger charge is 2.08. The summed E-state index contributed by atoms with van der Waals surface area (Å²) < 4.78 is 1.20. The minimum atomic E-state index is 0.672. The van der Waals surface area contributed by atoms with E-state index in [2.05, 4.69) is 23.2 Å². The summed E-state index contributed by atoms with van der Waals surface area (Å²) in [5, 5.41) is 12.6. The van der Waals surface area contributed by atoms with Gasteiger partial charge in [0.15, 0.2) is 0 Å². The Morgan fingerprint density at radius 3 is 2.89 bits per heavy atom. The third kappa shape index (κ3) is 2.26. The smallest absolute Gasteiger partial charge is 0.0998 e. The van der Waals surface area contributed by atoms with E-state index in [0.717, 1.165) is 16.5 Å². The molecule has 0 bridgehead atoms. The first-order valence-electron chi connectivity index (χ1n) is 5.87. The number of nitrogens with zero attached hydrogens (tertiary/aromatic N) is 2. The predicted octanol–water partition coefficient (Wildman–Crippen LogP) is 4.36. The van der Waals surface area contributed by atoms with Crippen molar-refractivity contribution in [3.8, 4) is 6.07 Å². The van der Waals surface area contributed by atoms with Crippen LogP contribution in [-0.2, 0) is 0 Å². The van der Waals surface area contributed by atoms with E-state index in [4.69, 9.17) is 0 Å². The van der Waals surface area contributed by atoms with Crippen molar-refractivity contribution in [1.82, 2.24) is 4.98 Å². The lowest BCUT2D eigenvalue weighted by molar-refractivity contribution is 1.32. The Morgan fingerprint density at radius 1 is 1.21 bits per heavy atom. The highest BCUT2D eigenvalue weighted by Crippen LogP contribution is 2.31. The summed E-state index contributed by atoms with van der Waals surface area (Å²) in [6.45, 7) is 0. The number of allylic oxidation sites excluding steroid dienone is 1. The molecule has 2 heterocycles. The summed E-state index contributed by atoms with van der Waals surface area (Å²) in [6, 6.07) is 14.2. The van der Waals surface area contributed by atoms with Crippen molar-refractivity contribution in [3.05, 3.63) is 65.3 Å². The summed E-state index contributed by atoms with van der Waals surface area (Å²) in [4.78, 5) is 4.06. The molecule has 0 atom stereocenters. The van der Waals surface area contributed by atoms with Gasteiger partial charge >= 0.3 is 0 Å². The van der Waals surface area contributed by atoms with Gasteiger partial charge in [0.25, 0.3) is 0 Å². The number of pyridine rings is 1. The molecular weight excluding hydrogens is 252 g/mol. The van der Waals surface area contributed by atoms with Crippen LogP contribution in [0.5, 0.6) is 0 Å². The van der Waals surface area contributed by atoms with E-state index in [9.17, 15) is 5.26 Å². The highest BCUT2D eigenvalue weighted by molar-refractivity contribution is 7.17. The van der Waals surface area contributed by atoms with Gasteiger partial charge in [-0.15, -0.1) is 11.3 Å². The second-order valence-corrected chi connectivity index (χ2v) is 5.01. The molecule has 0 radical (unpaired) electrons. The van der Waals surface area contributed by atoms with Crippen LogP contribution in [0.1, 0.15) is 11.1 Å². The third-order valence-corrected chi connectivity index (χ3v) is 3.85. The summed E-state index contributed by atoms with van der Waals surface area (Å²) in [6.07, 6.45) is 5.36. The van der Waals surface area contributed by atoms with E-state index < -0.39 is 0 Å². The second kappa shape index (κ2) is 5.05. The maximum atomic E-state index is 9.38. The molecule has 3 heteroatoms. The van der Waals surface area contributed by atoms with Crippen molar-refractivity contribution < 1.29 is 0 Å². The van der Waals surface area contributed by atoms with Crippen LogP contribution in [0, 0.1) is 11.3 Å². The van der Waals surface area contributed by atoms with Crippen LogP contribution in [0.15, 0.2) is 54.2 Å². The minimum Gasteiger partial charge on any atom is -0.264 e. The molecule has 3 rings (SSSR count). The van der Waals surface area contributed by atoms with Crippen LogP contribution in [0.2, 0.25) is 0 Å². The first-order chi connectivity index (χ1) is 9.38. The molecule has 0 aliphatic carbocycles. The Hall–Kier alpha value is -2.44. The number of benzene rings is 1. The Labute approximate surface area is 115 Å².